The summed E-state index contributed by atoms with van der Waals surface area (Å²) < 4.78 is 48.5. The van der Waals surface area contributed by atoms with E-state index in [9.17, 15) is 32.4 Å². The van der Waals surface area contributed by atoms with Gasteiger partial charge in [-0.25, -0.2) is 32.3 Å². The minimum atomic E-state index is -3.87. The van der Waals surface area contributed by atoms with Crippen LogP contribution < -0.4 is 26.0 Å². The van der Waals surface area contributed by atoms with Crippen molar-refractivity contribution in [2.75, 3.05) is 45.0 Å². The molecule has 0 aliphatic rings. The van der Waals surface area contributed by atoms with Gasteiger partial charge in [-0.05, 0) is 115 Å². The fourth-order valence-electron chi connectivity index (χ4n) is 4.25. The maximum atomic E-state index is 12.7. The van der Waals surface area contributed by atoms with Crippen LogP contribution in [0.4, 0.5) is 19.2 Å². The maximum Gasteiger partial charge on any atom is 0.414 e. The van der Waals surface area contributed by atoms with Crippen LogP contribution in [0.25, 0.3) is 0 Å². The number of guanidine groups is 1. The van der Waals surface area contributed by atoms with Gasteiger partial charge in [0.2, 0.25) is 21.9 Å². The topological polar surface area (TPSA) is 232 Å². The predicted molar refractivity (Wildman–Crippen MR) is 210 cm³/mol. The Morgan fingerprint density at radius 1 is 0.545 bits per heavy atom. The van der Waals surface area contributed by atoms with Crippen LogP contribution in [0.3, 0.4) is 0 Å². The smallest absolute Gasteiger partial charge is 0.414 e. The summed E-state index contributed by atoms with van der Waals surface area (Å²) in [6.07, 6.45) is 1.38. The number of nitrogens with one attached hydrogen (secondary N) is 5. The van der Waals surface area contributed by atoms with Gasteiger partial charge in [0.1, 0.15) is 28.2 Å². The molecule has 5 amide bonds. The fraction of sp³-hybridized carbons (Fsp3) is 0.833. The summed E-state index contributed by atoms with van der Waals surface area (Å²) in [5.74, 6) is -1.44. The van der Waals surface area contributed by atoms with Gasteiger partial charge in [-0.3, -0.25) is 20.4 Å². The zero-order chi connectivity index (χ0) is 42.5. The highest BCUT2D eigenvalue weighted by atomic mass is 32.2. The molecule has 0 bridgehead atoms. The quantitative estimate of drug-likeness (QED) is 0.0509. The van der Waals surface area contributed by atoms with Crippen LogP contribution in [-0.2, 0) is 33.8 Å². The number of hydrogen-bond donors (Lipinski definition) is 5. The molecular formula is C36H69N7O11S. The highest BCUT2D eigenvalue weighted by molar-refractivity contribution is 7.90. The molecule has 0 aliphatic heterocycles. The van der Waals surface area contributed by atoms with E-state index in [0.717, 1.165) is 12.8 Å². The van der Waals surface area contributed by atoms with E-state index in [0.29, 0.717) is 51.7 Å². The first-order valence-electron chi connectivity index (χ1n) is 18.8. The van der Waals surface area contributed by atoms with Crippen molar-refractivity contribution in [1.82, 2.24) is 30.9 Å². The molecule has 0 atom stereocenters. The summed E-state index contributed by atoms with van der Waals surface area (Å²) in [5.41, 5.74) is -2.83. The predicted octanol–water partition coefficient (Wildman–Crippen LogP) is 4.92. The standard InChI is InChI=1S/C36H69N7O11S/c1-33(2,3)51-29(45)39-22-19-25-43(32(48)54-36(10,11)12)24-18-17-23-40-55(49,50)26-27(44)37-20-15-13-14-16-21-38-28(41-30(46)52-34(4,5)6)42-31(47)53-35(7,8)9/h40H,13-26H2,1-12H3,(H,37,44)(H,39,45)(H2,38,41,42,46,47). The van der Waals surface area contributed by atoms with Crippen molar-refractivity contribution in [1.29, 1.82) is 0 Å². The highest BCUT2D eigenvalue weighted by Crippen LogP contribution is 2.12. The molecule has 5 N–H and O–H groups in total. The molecule has 0 aromatic rings. The van der Waals surface area contributed by atoms with Crippen molar-refractivity contribution in [3.63, 3.8) is 0 Å². The number of carbonyl (C=O) groups excluding carboxylic acids is 5. The Bertz CT molecular complexity index is 1330. The molecule has 0 rings (SSSR count). The fourth-order valence-corrected chi connectivity index (χ4v) is 5.25. The lowest BCUT2D eigenvalue weighted by Crippen LogP contribution is -2.47. The van der Waals surface area contributed by atoms with Crippen molar-refractivity contribution in [3.8, 4) is 0 Å². The van der Waals surface area contributed by atoms with Crippen LogP contribution in [0.1, 0.15) is 128 Å². The number of unbranched alkanes of at least 4 members (excludes halogenated alkanes) is 4. The lowest BCUT2D eigenvalue weighted by molar-refractivity contribution is -0.118. The number of ether oxygens (including phenoxy) is 4. The molecular weight excluding hydrogens is 739 g/mol. The van der Waals surface area contributed by atoms with Gasteiger partial charge < -0.3 is 34.5 Å². The number of alkyl carbamates (subject to hydrolysis) is 3. The average Bonchev–Trinajstić information content (AvgIpc) is 2.95. The van der Waals surface area contributed by atoms with E-state index in [1.807, 2.05) is 0 Å². The Morgan fingerprint density at radius 3 is 1.53 bits per heavy atom. The van der Waals surface area contributed by atoms with Crippen LogP contribution in [0, 0.1) is 0 Å². The third kappa shape index (κ3) is 32.1. The van der Waals surface area contributed by atoms with Crippen molar-refractivity contribution < 1.29 is 51.3 Å². The average molecular weight is 808 g/mol. The third-order valence-corrected chi connectivity index (χ3v) is 7.62. The Kier molecular flexibility index (Phi) is 22.2. The largest absolute Gasteiger partial charge is 0.444 e. The first kappa shape index (κ1) is 51.1. The van der Waals surface area contributed by atoms with E-state index in [1.54, 1.807) is 83.1 Å². The van der Waals surface area contributed by atoms with E-state index in [2.05, 4.69) is 31.0 Å². The van der Waals surface area contributed by atoms with Gasteiger partial charge in [-0.15, -0.1) is 0 Å². The molecule has 0 aromatic heterocycles. The monoisotopic (exact) mass is 807 g/mol. The Hall–Kier alpha value is -3.87. The van der Waals surface area contributed by atoms with Crippen molar-refractivity contribution in [3.05, 3.63) is 0 Å². The van der Waals surface area contributed by atoms with Crippen LogP contribution in [0.2, 0.25) is 0 Å². The molecule has 18 nitrogen and oxygen atoms in total. The van der Waals surface area contributed by atoms with Gasteiger partial charge in [0.25, 0.3) is 0 Å². The first-order chi connectivity index (χ1) is 25.1. The van der Waals surface area contributed by atoms with E-state index >= 15 is 0 Å². The summed E-state index contributed by atoms with van der Waals surface area (Å²) in [5, 5.41) is 10.1. The van der Waals surface area contributed by atoms with Crippen LogP contribution >= 0.6 is 0 Å². The number of nitrogens with zero attached hydrogens (tertiary/aromatic N) is 2. The number of sulfonamides is 1. The van der Waals surface area contributed by atoms with Crippen molar-refractivity contribution >= 4 is 46.3 Å². The molecule has 0 fully saturated rings. The van der Waals surface area contributed by atoms with E-state index < -0.39 is 68.5 Å². The summed E-state index contributed by atoms with van der Waals surface area (Å²) in [6.45, 7) is 22.4. The molecule has 0 radical (unpaired) electrons. The zero-order valence-electron chi connectivity index (χ0n) is 35.2. The highest BCUT2D eigenvalue weighted by Gasteiger charge is 2.24. The molecule has 19 heteroatoms. The molecule has 0 aromatic carbocycles. The Balaban J connectivity index is 4.61. The van der Waals surface area contributed by atoms with Crippen LogP contribution in [0.15, 0.2) is 4.99 Å². The molecule has 0 unspecified atom stereocenters. The van der Waals surface area contributed by atoms with Gasteiger partial charge >= 0.3 is 24.4 Å². The summed E-state index contributed by atoms with van der Waals surface area (Å²) >= 11 is 0. The van der Waals surface area contributed by atoms with Gasteiger partial charge in [0.15, 0.2) is 0 Å². The summed E-state index contributed by atoms with van der Waals surface area (Å²) in [7, 11) is -3.87. The number of rotatable bonds is 19. The number of aliphatic imine (C=N–C) groups is 1. The molecule has 0 heterocycles. The van der Waals surface area contributed by atoms with Crippen LogP contribution in [0.5, 0.6) is 0 Å². The second-order valence-electron chi connectivity index (χ2n) is 16.9. The second kappa shape index (κ2) is 23.9. The summed E-state index contributed by atoms with van der Waals surface area (Å²) in [6, 6.07) is 0. The van der Waals surface area contributed by atoms with E-state index in [4.69, 9.17) is 18.9 Å². The molecule has 0 saturated carbocycles. The minimum Gasteiger partial charge on any atom is -0.444 e. The third-order valence-electron chi connectivity index (χ3n) is 6.34. The molecule has 0 saturated heterocycles. The minimum absolute atomic E-state index is 0.0861. The van der Waals surface area contributed by atoms with Gasteiger partial charge in [-0.2, -0.15) is 0 Å². The van der Waals surface area contributed by atoms with Crippen molar-refractivity contribution in [2.45, 2.75) is 150 Å². The Morgan fingerprint density at radius 2 is 1.00 bits per heavy atom. The number of carbonyl (C=O) groups is 5. The number of hydrogen-bond acceptors (Lipinski definition) is 12. The van der Waals surface area contributed by atoms with Crippen LogP contribution in [-0.4, -0.2) is 117 Å². The van der Waals surface area contributed by atoms with Gasteiger partial charge in [-0.1, -0.05) is 12.8 Å². The molecule has 55 heavy (non-hydrogen) atoms. The molecule has 0 spiro atoms. The lowest BCUT2D eigenvalue weighted by atomic mass is 10.2. The second-order valence-corrected chi connectivity index (χ2v) is 18.7. The normalized spacial score (nSPS) is 12.1. The summed E-state index contributed by atoms with van der Waals surface area (Å²) in [4.78, 5) is 67.1. The molecule has 320 valence electrons. The van der Waals surface area contributed by atoms with Gasteiger partial charge in [0.05, 0.1) is 0 Å². The van der Waals surface area contributed by atoms with Crippen molar-refractivity contribution in [2.24, 2.45) is 4.99 Å². The van der Waals surface area contributed by atoms with E-state index in [1.165, 1.54) is 4.90 Å². The van der Waals surface area contributed by atoms with E-state index in [-0.39, 0.29) is 25.6 Å². The first-order valence-corrected chi connectivity index (χ1v) is 20.4. The molecule has 0 aliphatic carbocycles. The maximum absolute atomic E-state index is 12.7. The van der Waals surface area contributed by atoms with Gasteiger partial charge in [0, 0.05) is 39.3 Å². The lowest BCUT2D eigenvalue weighted by Gasteiger charge is -2.27. The zero-order valence-corrected chi connectivity index (χ0v) is 36.0. The Labute approximate surface area is 328 Å². The SMILES string of the molecule is CC(C)(C)OC(=O)NCCCN(CCCCNS(=O)(=O)CC(=O)NCCCCCCN=C(NC(=O)OC(C)(C)C)NC(=O)OC(C)(C)C)C(=O)OC(C)(C)C. The number of amides is 5.